The van der Waals surface area contributed by atoms with Crippen LogP contribution in [-0.4, -0.2) is 60.6 Å². The van der Waals surface area contributed by atoms with E-state index in [2.05, 4.69) is 23.8 Å². The summed E-state index contributed by atoms with van der Waals surface area (Å²) in [5.41, 5.74) is 1.34. The molecule has 132 valence electrons. The van der Waals surface area contributed by atoms with Gasteiger partial charge in [-0.1, -0.05) is 13.8 Å². The van der Waals surface area contributed by atoms with Gasteiger partial charge < -0.3 is 4.90 Å². The molecule has 0 saturated carbocycles. The summed E-state index contributed by atoms with van der Waals surface area (Å²) in [4.78, 5) is 2.58. The minimum absolute atomic E-state index is 0.0333. The summed E-state index contributed by atoms with van der Waals surface area (Å²) in [6.45, 7) is 10.4. The van der Waals surface area contributed by atoms with E-state index in [1.54, 1.807) is 18.3 Å². The van der Waals surface area contributed by atoms with E-state index in [1.165, 1.54) is 0 Å². The summed E-state index contributed by atoms with van der Waals surface area (Å²) in [7, 11) is 0.237. The fourth-order valence-corrected chi connectivity index (χ4v) is 5.10. The second kappa shape index (κ2) is 6.91. The Bertz CT molecular complexity index is 651. The molecule has 0 aromatic carbocycles. The lowest BCUT2D eigenvalue weighted by molar-refractivity contribution is 0.187. The molecule has 1 fully saturated rings. The third-order valence-electron chi connectivity index (χ3n) is 4.60. The molecule has 1 unspecified atom stereocenters. The topological polar surface area (TPSA) is 58.4 Å². The second-order valence-corrected chi connectivity index (χ2v) is 9.09. The van der Waals surface area contributed by atoms with Gasteiger partial charge >= 0.3 is 0 Å². The van der Waals surface area contributed by atoms with Crippen molar-refractivity contribution in [3.63, 3.8) is 0 Å². The van der Waals surface area contributed by atoms with E-state index in [-0.39, 0.29) is 6.04 Å². The predicted molar refractivity (Wildman–Crippen MR) is 92.0 cm³/mol. The second-order valence-electron chi connectivity index (χ2n) is 7.16. The molecule has 0 aliphatic carbocycles. The van der Waals surface area contributed by atoms with Crippen molar-refractivity contribution < 1.29 is 8.42 Å². The van der Waals surface area contributed by atoms with Crippen LogP contribution >= 0.6 is 0 Å². The van der Waals surface area contributed by atoms with Crippen LogP contribution in [0, 0.1) is 19.8 Å². The van der Waals surface area contributed by atoms with E-state index < -0.39 is 10.0 Å². The maximum atomic E-state index is 13.1. The van der Waals surface area contributed by atoms with Crippen LogP contribution in [0.2, 0.25) is 0 Å². The molecule has 0 N–H and O–H groups in total. The molecule has 1 aliphatic rings. The Kier molecular flexibility index (Phi) is 5.53. The lowest BCUT2D eigenvalue weighted by Gasteiger charge is -2.35. The molecule has 0 amide bonds. The van der Waals surface area contributed by atoms with Crippen LogP contribution < -0.4 is 0 Å². The van der Waals surface area contributed by atoms with Gasteiger partial charge in [0.15, 0.2) is 0 Å². The van der Waals surface area contributed by atoms with Gasteiger partial charge in [0, 0.05) is 26.2 Å². The van der Waals surface area contributed by atoms with Crippen LogP contribution in [0.15, 0.2) is 4.90 Å². The molecule has 1 aromatic heterocycles. The molecule has 1 atom stereocenters. The zero-order valence-corrected chi connectivity index (χ0v) is 16.0. The van der Waals surface area contributed by atoms with E-state index in [0.29, 0.717) is 16.5 Å². The molecule has 6 nitrogen and oxygen atoms in total. The average Bonchev–Trinajstić information content (AvgIpc) is 2.72. The van der Waals surface area contributed by atoms with Gasteiger partial charge in [-0.15, -0.1) is 0 Å². The van der Waals surface area contributed by atoms with Gasteiger partial charge in [-0.2, -0.15) is 9.40 Å². The Morgan fingerprint density at radius 2 is 2.00 bits per heavy atom. The number of piperidine rings is 1. The van der Waals surface area contributed by atoms with Gasteiger partial charge in [0.25, 0.3) is 0 Å². The fourth-order valence-electron chi connectivity index (χ4n) is 3.35. The van der Waals surface area contributed by atoms with Crippen molar-refractivity contribution in [3.05, 3.63) is 11.4 Å². The number of aryl methyl sites for hydroxylation is 1. The number of nitrogens with zero attached hydrogens (tertiary/aromatic N) is 4. The average molecular weight is 343 g/mol. The molecule has 1 saturated heterocycles. The zero-order valence-electron chi connectivity index (χ0n) is 15.2. The van der Waals surface area contributed by atoms with Gasteiger partial charge in [0.05, 0.1) is 11.4 Å². The lowest BCUT2D eigenvalue weighted by atomic mass is 10.1. The summed E-state index contributed by atoms with van der Waals surface area (Å²) in [6.07, 6.45) is 1.95. The van der Waals surface area contributed by atoms with E-state index in [4.69, 9.17) is 0 Å². The summed E-state index contributed by atoms with van der Waals surface area (Å²) < 4.78 is 29.6. The van der Waals surface area contributed by atoms with Crippen molar-refractivity contribution in [2.75, 3.05) is 27.2 Å². The van der Waals surface area contributed by atoms with Crippen molar-refractivity contribution in [1.82, 2.24) is 19.0 Å². The zero-order chi connectivity index (χ0) is 17.4. The first-order valence-corrected chi connectivity index (χ1v) is 9.79. The minimum atomic E-state index is -3.52. The highest BCUT2D eigenvalue weighted by Crippen LogP contribution is 2.26. The number of hydrogen-bond donors (Lipinski definition) is 0. The molecule has 0 spiro atoms. The summed E-state index contributed by atoms with van der Waals surface area (Å²) in [5, 5.41) is 4.46. The van der Waals surface area contributed by atoms with Gasteiger partial charge in [-0.05, 0) is 46.2 Å². The Hall–Kier alpha value is -0.920. The predicted octanol–water partition coefficient (Wildman–Crippen LogP) is 1.87. The Balaban J connectivity index is 2.34. The SMILES string of the molecule is Cc1nn(CC(C)C)c(C)c1S(=O)(=O)N(C)C1CCCN(C)C1. The van der Waals surface area contributed by atoms with Crippen LogP contribution in [0.4, 0.5) is 0 Å². The largest absolute Gasteiger partial charge is 0.305 e. The fraction of sp³-hybridized carbons (Fsp3) is 0.812. The summed E-state index contributed by atoms with van der Waals surface area (Å²) in [5.74, 6) is 0.424. The van der Waals surface area contributed by atoms with E-state index in [9.17, 15) is 8.42 Å². The van der Waals surface area contributed by atoms with E-state index in [1.807, 2.05) is 18.7 Å². The number of sulfonamides is 1. The number of hydrogen-bond acceptors (Lipinski definition) is 4. The molecule has 2 rings (SSSR count). The lowest BCUT2D eigenvalue weighted by Crippen LogP contribution is -2.47. The highest BCUT2D eigenvalue weighted by Gasteiger charge is 2.34. The quantitative estimate of drug-likeness (QED) is 0.820. The van der Waals surface area contributed by atoms with Gasteiger partial charge in [-0.25, -0.2) is 8.42 Å². The van der Waals surface area contributed by atoms with Crippen LogP contribution in [0.1, 0.15) is 38.1 Å². The molecule has 23 heavy (non-hydrogen) atoms. The normalized spacial score (nSPS) is 20.6. The van der Waals surface area contributed by atoms with Crippen LogP contribution in [-0.2, 0) is 16.6 Å². The molecule has 1 aromatic rings. The molecule has 0 radical (unpaired) electrons. The van der Waals surface area contributed by atoms with Crippen LogP contribution in [0.5, 0.6) is 0 Å². The van der Waals surface area contributed by atoms with Crippen molar-refractivity contribution >= 4 is 10.0 Å². The first-order valence-electron chi connectivity index (χ1n) is 8.35. The molecule has 0 bridgehead atoms. The number of aromatic nitrogens is 2. The number of likely N-dealkylation sites (N-methyl/N-ethyl adjacent to an activating group) is 2. The third kappa shape index (κ3) is 3.78. The molecule has 2 heterocycles. The first-order chi connectivity index (χ1) is 10.6. The summed E-state index contributed by atoms with van der Waals surface area (Å²) >= 11 is 0. The van der Waals surface area contributed by atoms with E-state index >= 15 is 0 Å². The monoisotopic (exact) mass is 342 g/mol. The Labute approximate surface area is 140 Å². The smallest absolute Gasteiger partial charge is 0.246 e. The van der Waals surface area contributed by atoms with Crippen molar-refractivity contribution in [3.8, 4) is 0 Å². The molecule has 7 heteroatoms. The highest BCUT2D eigenvalue weighted by atomic mass is 32.2. The van der Waals surface area contributed by atoms with E-state index in [0.717, 1.165) is 38.2 Å². The maximum Gasteiger partial charge on any atom is 0.246 e. The third-order valence-corrected chi connectivity index (χ3v) is 6.77. The van der Waals surface area contributed by atoms with Crippen LogP contribution in [0.25, 0.3) is 0 Å². The Morgan fingerprint density at radius 1 is 1.35 bits per heavy atom. The van der Waals surface area contributed by atoms with Crippen LogP contribution in [0.3, 0.4) is 0 Å². The van der Waals surface area contributed by atoms with Crippen molar-refractivity contribution in [1.29, 1.82) is 0 Å². The van der Waals surface area contributed by atoms with Gasteiger partial charge in [0.1, 0.15) is 4.90 Å². The van der Waals surface area contributed by atoms with Crippen molar-refractivity contribution in [2.45, 2.75) is 58.0 Å². The standard InChI is InChI=1S/C16H30N4O2S/c1-12(2)10-20-14(4)16(13(3)17-20)23(21,22)19(6)15-8-7-9-18(5)11-15/h12,15H,7-11H2,1-6H3. The van der Waals surface area contributed by atoms with Gasteiger partial charge in [-0.3, -0.25) is 4.68 Å². The highest BCUT2D eigenvalue weighted by molar-refractivity contribution is 7.89. The minimum Gasteiger partial charge on any atom is -0.305 e. The maximum absolute atomic E-state index is 13.1. The number of likely N-dealkylation sites (tertiary alicyclic amines) is 1. The first kappa shape index (κ1) is 18.4. The molecular formula is C16H30N4O2S. The molecule has 1 aliphatic heterocycles. The Morgan fingerprint density at radius 3 is 2.57 bits per heavy atom. The molecular weight excluding hydrogens is 312 g/mol. The number of rotatable bonds is 5. The summed E-state index contributed by atoms with van der Waals surface area (Å²) in [6, 6.07) is 0.0333. The van der Waals surface area contributed by atoms with Gasteiger partial charge in [0.2, 0.25) is 10.0 Å². The van der Waals surface area contributed by atoms with Crippen molar-refractivity contribution in [2.24, 2.45) is 5.92 Å².